The van der Waals surface area contributed by atoms with Crippen LogP contribution in [-0.4, -0.2) is 48.9 Å². The summed E-state index contributed by atoms with van der Waals surface area (Å²) in [5, 5.41) is 11.6. The van der Waals surface area contributed by atoms with Crippen molar-refractivity contribution in [2.24, 2.45) is 0 Å². The van der Waals surface area contributed by atoms with E-state index in [1.807, 2.05) is 0 Å². The monoisotopic (exact) mass is 259 g/mol. The molecule has 0 aliphatic carbocycles. The predicted molar refractivity (Wildman–Crippen MR) is 64.3 cm³/mol. The molecule has 1 saturated heterocycles. The maximum Gasteiger partial charge on any atom is 0.305 e. The van der Waals surface area contributed by atoms with Crippen LogP contribution in [0, 0.1) is 0 Å². The summed E-state index contributed by atoms with van der Waals surface area (Å²) < 4.78 is 10.3. The van der Waals surface area contributed by atoms with Crippen LogP contribution in [0.15, 0.2) is 0 Å². The van der Waals surface area contributed by atoms with Crippen LogP contribution >= 0.6 is 0 Å². The minimum Gasteiger partial charge on any atom is -0.481 e. The van der Waals surface area contributed by atoms with Crippen molar-refractivity contribution in [3.8, 4) is 0 Å². The molecule has 6 nitrogen and oxygen atoms in total. The molecule has 0 radical (unpaired) electrons. The van der Waals surface area contributed by atoms with Crippen molar-refractivity contribution in [1.82, 2.24) is 5.32 Å². The number of amides is 1. The Balaban J connectivity index is 2.58. The zero-order valence-electron chi connectivity index (χ0n) is 10.9. The van der Waals surface area contributed by atoms with Crippen molar-refractivity contribution in [2.45, 2.75) is 44.2 Å². The topological polar surface area (TPSA) is 84.9 Å². The van der Waals surface area contributed by atoms with Crippen LogP contribution < -0.4 is 5.32 Å². The number of carboxylic acid groups (broad SMARTS) is 1. The van der Waals surface area contributed by atoms with Crippen LogP contribution in [0.1, 0.15) is 32.6 Å². The lowest BCUT2D eigenvalue weighted by molar-refractivity contribution is -0.142. The molecule has 0 spiro atoms. The number of methoxy groups -OCH3 is 1. The van der Waals surface area contributed by atoms with Crippen molar-refractivity contribution < 1.29 is 24.2 Å². The highest BCUT2D eigenvalue weighted by atomic mass is 16.5. The van der Waals surface area contributed by atoms with Crippen molar-refractivity contribution in [1.29, 1.82) is 0 Å². The van der Waals surface area contributed by atoms with Crippen LogP contribution in [-0.2, 0) is 19.1 Å². The number of nitrogens with one attached hydrogen (secondary N) is 1. The van der Waals surface area contributed by atoms with Gasteiger partial charge in [-0.3, -0.25) is 9.59 Å². The minimum absolute atomic E-state index is 0.151. The summed E-state index contributed by atoms with van der Waals surface area (Å²) in [6.45, 7) is 2.39. The number of ether oxygens (including phenoxy) is 2. The molecular formula is C12H21NO5. The first-order valence-corrected chi connectivity index (χ1v) is 6.11. The Morgan fingerprint density at radius 3 is 2.72 bits per heavy atom. The van der Waals surface area contributed by atoms with Gasteiger partial charge in [-0.25, -0.2) is 0 Å². The molecule has 2 unspecified atom stereocenters. The zero-order chi connectivity index (χ0) is 13.6. The third-order valence-corrected chi connectivity index (χ3v) is 2.90. The van der Waals surface area contributed by atoms with E-state index in [0.29, 0.717) is 13.0 Å². The maximum atomic E-state index is 12.0. The standard InChI is InChI=1S/C12H21NO5/c1-12(8-17-2,7-10(14)15)13-11(16)9-5-3-4-6-18-9/h9H,3-8H2,1-2H3,(H,13,16)(H,14,15). The van der Waals surface area contributed by atoms with E-state index in [2.05, 4.69) is 5.32 Å². The summed E-state index contributed by atoms with van der Waals surface area (Å²) in [5.41, 5.74) is -0.904. The smallest absolute Gasteiger partial charge is 0.305 e. The van der Waals surface area contributed by atoms with Crippen molar-refractivity contribution >= 4 is 11.9 Å². The Morgan fingerprint density at radius 2 is 2.22 bits per heavy atom. The average Bonchev–Trinajstić information content (AvgIpc) is 2.28. The van der Waals surface area contributed by atoms with Crippen molar-refractivity contribution in [3.05, 3.63) is 0 Å². The van der Waals surface area contributed by atoms with Gasteiger partial charge in [-0.2, -0.15) is 0 Å². The van der Waals surface area contributed by atoms with Gasteiger partial charge < -0.3 is 19.9 Å². The second-order valence-electron chi connectivity index (χ2n) is 4.91. The van der Waals surface area contributed by atoms with Gasteiger partial charge in [0.2, 0.25) is 5.91 Å². The molecule has 1 aliphatic heterocycles. The van der Waals surface area contributed by atoms with Gasteiger partial charge in [0.1, 0.15) is 6.10 Å². The Bertz CT molecular complexity index is 301. The summed E-state index contributed by atoms with van der Waals surface area (Å²) in [7, 11) is 1.48. The Kier molecular flexibility index (Phi) is 5.55. The SMILES string of the molecule is COCC(C)(CC(=O)O)NC(=O)C1CCCCO1. The number of carboxylic acids is 1. The summed E-state index contributed by atoms with van der Waals surface area (Å²) in [5.74, 6) is -1.23. The van der Waals surface area contributed by atoms with E-state index in [0.717, 1.165) is 12.8 Å². The number of hydrogen-bond acceptors (Lipinski definition) is 4. The molecule has 0 aromatic heterocycles. The van der Waals surface area contributed by atoms with E-state index in [1.54, 1.807) is 6.92 Å². The fraction of sp³-hybridized carbons (Fsp3) is 0.833. The van der Waals surface area contributed by atoms with Gasteiger partial charge in [-0.15, -0.1) is 0 Å². The third-order valence-electron chi connectivity index (χ3n) is 2.90. The lowest BCUT2D eigenvalue weighted by Gasteiger charge is -2.31. The number of hydrogen-bond donors (Lipinski definition) is 2. The third kappa shape index (κ3) is 4.62. The van der Waals surface area contributed by atoms with Gasteiger partial charge in [0.05, 0.1) is 18.6 Å². The van der Waals surface area contributed by atoms with Gasteiger partial charge in [-0.05, 0) is 26.2 Å². The van der Waals surface area contributed by atoms with E-state index in [-0.39, 0.29) is 18.9 Å². The molecular weight excluding hydrogens is 238 g/mol. The Hall–Kier alpha value is -1.14. The molecule has 2 atom stereocenters. The normalized spacial score (nSPS) is 23.1. The summed E-state index contributed by atoms with van der Waals surface area (Å²) in [4.78, 5) is 22.8. The molecule has 0 saturated carbocycles. The van der Waals surface area contributed by atoms with Gasteiger partial charge >= 0.3 is 5.97 Å². The molecule has 1 fully saturated rings. The van der Waals surface area contributed by atoms with Crippen LogP contribution in [0.2, 0.25) is 0 Å². The largest absolute Gasteiger partial charge is 0.481 e. The molecule has 1 rings (SSSR count). The quantitative estimate of drug-likeness (QED) is 0.727. The zero-order valence-corrected chi connectivity index (χ0v) is 10.9. The van der Waals surface area contributed by atoms with Crippen LogP contribution in [0.25, 0.3) is 0 Å². The van der Waals surface area contributed by atoms with Crippen molar-refractivity contribution in [3.63, 3.8) is 0 Å². The summed E-state index contributed by atoms with van der Waals surface area (Å²) in [6.07, 6.45) is 1.96. The summed E-state index contributed by atoms with van der Waals surface area (Å²) in [6, 6.07) is 0. The van der Waals surface area contributed by atoms with Gasteiger partial charge in [-0.1, -0.05) is 0 Å². The lowest BCUT2D eigenvalue weighted by atomic mass is 9.97. The molecule has 0 bridgehead atoms. The first kappa shape index (κ1) is 14.9. The highest BCUT2D eigenvalue weighted by molar-refractivity contribution is 5.82. The van der Waals surface area contributed by atoms with Crippen LogP contribution in [0.3, 0.4) is 0 Å². The fourth-order valence-electron chi connectivity index (χ4n) is 2.11. The van der Waals surface area contributed by atoms with Gasteiger partial charge in [0, 0.05) is 13.7 Å². The first-order valence-electron chi connectivity index (χ1n) is 6.11. The minimum atomic E-state index is -0.973. The van der Waals surface area contributed by atoms with E-state index in [4.69, 9.17) is 14.6 Å². The van der Waals surface area contributed by atoms with Crippen LogP contribution in [0.5, 0.6) is 0 Å². The summed E-state index contributed by atoms with van der Waals surface area (Å²) >= 11 is 0. The van der Waals surface area contributed by atoms with Crippen LogP contribution in [0.4, 0.5) is 0 Å². The molecule has 1 aliphatic rings. The van der Waals surface area contributed by atoms with Crippen molar-refractivity contribution in [2.75, 3.05) is 20.3 Å². The molecule has 1 amide bonds. The second-order valence-corrected chi connectivity index (χ2v) is 4.91. The lowest BCUT2D eigenvalue weighted by Crippen LogP contribution is -2.54. The second kappa shape index (κ2) is 6.70. The molecule has 0 aromatic carbocycles. The Morgan fingerprint density at radius 1 is 1.50 bits per heavy atom. The number of carbonyl (C=O) groups excluding carboxylic acids is 1. The molecule has 0 aromatic rings. The predicted octanol–water partition coefficient (Wildman–Crippen LogP) is 0.552. The maximum absolute atomic E-state index is 12.0. The molecule has 6 heteroatoms. The highest BCUT2D eigenvalue weighted by Crippen LogP contribution is 2.16. The van der Waals surface area contributed by atoms with Gasteiger partial charge in [0.15, 0.2) is 0 Å². The van der Waals surface area contributed by atoms with Gasteiger partial charge in [0.25, 0.3) is 0 Å². The molecule has 18 heavy (non-hydrogen) atoms. The number of carbonyl (C=O) groups is 2. The first-order chi connectivity index (χ1) is 8.47. The van der Waals surface area contributed by atoms with E-state index in [9.17, 15) is 9.59 Å². The highest BCUT2D eigenvalue weighted by Gasteiger charge is 2.33. The number of aliphatic carboxylic acids is 1. The average molecular weight is 259 g/mol. The van der Waals surface area contributed by atoms with E-state index in [1.165, 1.54) is 7.11 Å². The molecule has 1 heterocycles. The fourth-order valence-corrected chi connectivity index (χ4v) is 2.11. The molecule has 2 N–H and O–H groups in total. The van der Waals surface area contributed by atoms with E-state index < -0.39 is 17.6 Å². The Labute approximate surface area is 107 Å². The molecule has 104 valence electrons. The van der Waals surface area contributed by atoms with E-state index >= 15 is 0 Å². The number of rotatable bonds is 6.